The number of benzene rings is 2. The van der Waals surface area contributed by atoms with Gasteiger partial charge in [0.2, 0.25) is 17.7 Å². The highest BCUT2D eigenvalue weighted by atomic mass is 32.2. The minimum Gasteiger partial charge on any atom is -0.481 e. The lowest BCUT2D eigenvalue weighted by Gasteiger charge is -2.23. The molecule has 2 aromatic carbocycles. The molecule has 2 rings (SSSR count). The van der Waals surface area contributed by atoms with Crippen LogP contribution in [0.25, 0.3) is 0 Å². The Morgan fingerprint density at radius 1 is 0.574 bits per heavy atom. The number of nitrogens with one attached hydrogen (secondary N) is 5. The van der Waals surface area contributed by atoms with Crippen molar-refractivity contribution < 1.29 is 73.2 Å². The fraction of sp³-hybridized carbons (Fsp3) is 0.500. The third-order valence-corrected chi connectivity index (χ3v) is 11.2. The van der Waals surface area contributed by atoms with Crippen LogP contribution in [0.15, 0.2) is 60.7 Å². The number of aliphatic carboxylic acids is 4. The number of urea groups is 1. The molecule has 0 spiro atoms. The minimum absolute atomic E-state index is 0.0111. The van der Waals surface area contributed by atoms with E-state index in [-0.39, 0.29) is 88.7 Å². The highest BCUT2D eigenvalue weighted by Gasteiger charge is 2.32. The molecule has 0 aliphatic carbocycles. The molecule has 0 saturated carbocycles. The first kappa shape index (κ1) is 57.4. The smallest absolute Gasteiger partial charge is 0.326 e. The maximum absolute atomic E-state index is 14.1. The second-order valence-electron chi connectivity index (χ2n) is 16.1. The first-order valence-electron chi connectivity index (χ1n) is 22.0. The summed E-state index contributed by atoms with van der Waals surface area (Å²) in [7, 11) is 0. The summed E-state index contributed by atoms with van der Waals surface area (Å²) in [5.41, 5.74) is 7.47. The molecule has 0 unspecified atom stereocenters. The Hall–Kier alpha value is -6.68. The first-order valence-corrected chi connectivity index (χ1v) is 23.4. The second kappa shape index (κ2) is 31.3. The molecule has 0 radical (unpaired) electrons. The lowest BCUT2D eigenvalue weighted by Crippen LogP contribution is -2.53. The molecule has 6 atom stereocenters. The summed E-state index contributed by atoms with van der Waals surface area (Å²) in [5.74, 6) is -10.9. The van der Waals surface area contributed by atoms with Crippen LogP contribution in [0.5, 0.6) is 0 Å². The van der Waals surface area contributed by atoms with Crippen molar-refractivity contribution in [2.75, 3.05) is 25.1 Å². The summed E-state index contributed by atoms with van der Waals surface area (Å²) >= 11 is 1.18. The van der Waals surface area contributed by atoms with Crippen LogP contribution in [0.3, 0.4) is 0 Å². The van der Waals surface area contributed by atoms with Crippen molar-refractivity contribution in [3.63, 3.8) is 0 Å². The van der Waals surface area contributed by atoms with Gasteiger partial charge in [-0.05, 0) is 55.9 Å². The molecule has 0 aliphatic rings. The molecule has 11 N–H and O–H groups in total. The van der Waals surface area contributed by atoms with E-state index < -0.39 is 115 Å². The maximum atomic E-state index is 14.1. The number of thioether (sulfide) groups is 1. The third kappa shape index (κ3) is 23.7. The van der Waals surface area contributed by atoms with Gasteiger partial charge in [0.25, 0.3) is 0 Å². The number of hydrogen-bond donors (Lipinski definition) is 10. The Morgan fingerprint density at radius 3 is 1.74 bits per heavy atom. The van der Waals surface area contributed by atoms with Crippen LogP contribution in [0.4, 0.5) is 4.79 Å². The van der Waals surface area contributed by atoms with Crippen molar-refractivity contribution in [2.24, 2.45) is 17.6 Å². The summed E-state index contributed by atoms with van der Waals surface area (Å²) in [6.07, 6.45) is 0.102. The summed E-state index contributed by atoms with van der Waals surface area (Å²) in [6.45, 7) is -0.474. The van der Waals surface area contributed by atoms with Crippen LogP contribution in [0.1, 0.15) is 81.8 Å². The zero-order valence-electron chi connectivity index (χ0n) is 37.8. The van der Waals surface area contributed by atoms with Crippen molar-refractivity contribution in [2.45, 2.75) is 108 Å². The molecule has 0 bridgehead atoms. The van der Waals surface area contributed by atoms with Crippen molar-refractivity contribution in [3.8, 4) is 0 Å². The third-order valence-electron chi connectivity index (χ3n) is 10.5. The van der Waals surface area contributed by atoms with Crippen molar-refractivity contribution in [1.82, 2.24) is 26.6 Å². The minimum atomic E-state index is -1.59. The van der Waals surface area contributed by atoms with E-state index in [9.17, 15) is 68.1 Å². The number of rotatable bonds is 35. The predicted molar refractivity (Wildman–Crippen MR) is 247 cm³/mol. The van der Waals surface area contributed by atoms with Crippen LogP contribution >= 0.6 is 11.8 Å². The van der Waals surface area contributed by atoms with Gasteiger partial charge < -0.3 is 52.7 Å². The van der Waals surface area contributed by atoms with Gasteiger partial charge in [-0.15, -0.1) is 0 Å². The number of amides is 5. The summed E-state index contributed by atoms with van der Waals surface area (Å²) in [5, 5.41) is 49.2. The van der Waals surface area contributed by atoms with Crippen LogP contribution in [0, 0.1) is 11.8 Å². The molecule has 5 amide bonds. The quantitative estimate of drug-likeness (QED) is 0.0437. The number of ketones is 3. The number of Topliss-reactive ketones (excluding diaryl/α,β-unsaturated/α-hetero) is 3. The molecule has 0 aliphatic heterocycles. The first-order chi connectivity index (χ1) is 32.3. The topological polar surface area (TPSA) is 355 Å². The SMILES string of the molecule is CSC[C@H](CC(=O)[C@H](CC(=O)O)NC(=O)[C@@H](N)CNC(=O)[C@@H](CC(=O)[C@H](Cc1ccccc1)NC(=O)CCCCC(=O)CC[C@H](NC(=O)NCCCC(=O)O)C(=O)O)Cc1ccccc1)C(=O)O. The average molecular weight is 971 g/mol. The van der Waals surface area contributed by atoms with E-state index in [4.69, 9.17) is 10.8 Å². The summed E-state index contributed by atoms with van der Waals surface area (Å²) < 4.78 is 0. The van der Waals surface area contributed by atoms with Gasteiger partial charge in [-0.2, -0.15) is 11.8 Å². The number of hydrogen-bond acceptors (Lipinski definition) is 13. The van der Waals surface area contributed by atoms with Crippen LogP contribution in [-0.2, 0) is 60.8 Å². The Morgan fingerprint density at radius 2 is 1.16 bits per heavy atom. The summed E-state index contributed by atoms with van der Waals surface area (Å²) in [6, 6.07) is 11.2. The standard InChI is InChI=1S/C46H62N6O15S/c1-68-27-31(44(63)64)24-38(55)36(25-41(59)60)51-43(62)33(47)26-49-42(61)30(21-28-11-4-2-5-12-28)23-37(54)35(22-29-13-6-3-7-14-29)50-39(56)16-9-8-15-32(53)18-19-34(45(65)66)52-46(67)48-20-10-17-40(57)58/h2-7,11-14,30-31,33-36H,8-10,15-27,47H2,1H3,(H,49,61)(H,50,56)(H,51,62)(H,57,58)(H,59,60)(H,63,64)(H,65,66)(H2,48,52,67)/t30-,31+,33+,34+,35+,36+/m1/s1. The van der Waals surface area contributed by atoms with Gasteiger partial charge in [0.15, 0.2) is 11.6 Å². The summed E-state index contributed by atoms with van der Waals surface area (Å²) in [4.78, 5) is 137. The zero-order chi connectivity index (χ0) is 50.6. The van der Waals surface area contributed by atoms with E-state index in [0.717, 1.165) is 0 Å². The van der Waals surface area contributed by atoms with Crippen molar-refractivity contribution >= 4 is 76.7 Å². The van der Waals surface area contributed by atoms with Gasteiger partial charge >= 0.3 is 29.9 Å². The van der Waals surface area contributed by atoms with E-state index in [1.165, 1.54) is 11.8 Å². The Kier molecular flexibility index (Phi) is 26.5. The fourth-order valence-corrected chi connectivity index (χ4v) is 7.46. The van der Waals surface area contributed by atoms with Crippen molar-refractivity contribution in [3.05, 3.63) is 71.8 Å². The van der Waals surface area contributed by atoms with E-state index in [1.54, 1.807) is 66.9 Å². The van der Waals surface area contributed by atoms with Gasteiger partial charge in [0.1, 0.15) is 17.9 Å². The highest BCUT2D eigenvalue weighted by Crippen LogP contribution is 2.18. The molecule has 2 aromatic rings. The number of carboxylic acids is 4. The van der Waals surface area contributed by atoms with E-state index in [2.05, 4.69) is 26.6 Å². The van der Waals surface area contributed by atoms with E-state index in [1.807, 2.05) is 0 Å². The van der Waals surface area contributed by atoms with Crippen LogP contribution in [-0.4, -0.2) is 135 Å². The van der Waals surface area contributed by atoms with Gasteiger partial charge in [-0.25, -0.2) is 9.59 Å². The Bertz CT molecular complexity index is 2040. The van der Waals surface area contributed by atoms with E-state index >= 15 is 0 Å². The molecule has 21 nitrogen and oxygen atoms in total. The molecule has 22 heteroatoms. The lowest BCUT2D eigenvalue weighted by atomic mass is 9.89. The normalized spacial score (nSPS) is 13.5. The molecule has 0 fully saturated rings. The maximum Gasteiger partial charge on any atom is 0.326 e. The van der Waals surface area contributed by atoms with Gasteiger partial charge in [-0.1, -0.05) is 60.7 Å². The molecular formula is C46H62N6O15S. The monoisotopic (exact) mass is 970 g/mol. The predicted octanol–water partition coefficient (Wildman–Crippen LogP) is 1.48. The molecule has 0 aromatic heterocycles. The highest BCUT2D eigenvalue weighted by molar-refractivity contribution is 7.98. The Labute approximate surface area is 397 Å². The van der Waals surface area contributed by atoms with Gasteiger partial charge in [0.05, 0.1) is 24.4 Å². The molecular weight excluding hydrogens is 909 g/mol. The molecule has 0 heterocycles. The average Bonchev–Trinajstić information content (AvgIpc) is 3.29. The van der Waals surface area contributed by atoms with Gasteiger partial charge in [-0.3, -0.25) is 43.2 Å². The van der Waals surface area contributed by atoms with E-state index in [0.29, 0.717) is 11.1 Å². The Balaban J connectivity index is 2.08. The molecule has 68 heavy (non-hydrogen) atoms. The number of unbranched alkanes of at least 4 members (excludes halogenated alkanes) is 1. The second-order valence-corrected chi connectivity index (χ2v) is 17.0. The van der Waals surface area contributed by atoms with Crippen molar-refractivity contribution in [1.29, 1.82) is 0 Å². The molecule has 0 saturated heterocycles. The largest absolute Gasteiger partial charge is 0.481 e. The molecule has 372 valence electrons. The lowest BCUT2D eigenvalue weighted by molar-refractivity contribution is -0.144. The van der Waals surface area contributed by atoms with Crippen LogP contribution < -0.4 is 32.3 Å². The zero-order valence-corrected chi connectivity index (χ0v) is 38.6. The number of carboxylic acid groups (broad SMARTS) is 4. The fourth-order valence-electron chi connectivity index (χ4n) is 6.80. The number of nitrogens with two attached hydrogens (primary N) is 1. The van der Waals surface area contributed by atoms with Crippen LogP contribution in [0.2, 0.25) is 0 Å². The van der Waals surface area contributed by atoms with Gasteiger partial charge in [0, 0.05) is 63.3 Å². The number of carbonyl (C=O) groups is 11. The number of carbonyl (C=O) groups excluding carboxylic acids is 7.